The van der Waals surface area contributed by atoms with Crippen LogP contribution in [0.5, 0.6) is 0 Å². The first-order chi connectivity index (χ1) is 14.5. The maximum Gasteiger partial charge on any atom is 0.319 e. The second-order valence-electron chi connectivity index (χ2n) is 7.90. The van der Waals surface area contributed by atoms with E-state index in [1.54, 1.807) is 6.20 Å². The molecule has 1 unspecified atom stereocenters. The van der Waals surface area contributed by atoms with Gasteiger partial charge in [-0.25, -0.2) is 9.78 Å². The van der Waals surface area contributed by atoms with Crippen LogP contribution in [0.15, 0.2) is 47.1 Å². The van der Waals surface area contributed by atoms with Gasteiger partial charge in [0.2, 0.25) is 0 Å². The van der Waals surface area contributed by atoms with Crippen LogP contribution in [0.3, 0.4) is 0 Å². The number of nitrogens with zero attached hydrogens (tertiary/aromatic N) is 3. The molecule has 30 heavy (non-hydrogen) atoms. The van der Waals surface area contributed by atoms with Crippen LogP contribution in [0.1, 0.15) is 57.0 Å². The van der Waals surface area contributed by atoms with E-state index in [4.69, 9.17) is 4.52 Å². The van der Waals surface area contributed by atoms with E-state index in [0.717, 1.165) is 35.5 Å². The Morgan fingerprint density at radius 1 is 1.13 bits per heavy atom. The standard InChI is InChI=1S/C22H26N6O2/c1-13(2)20-27-21(30-28-20)16-10-11-23-19(12-16)24-14(3)15-4-6-17(7-5-15)25-22(29)26-18-8-9-18/h4-7,10-14,18H,8-9H2,1-3H3,(H,23,24)(H2,25,26,29). The molecular formula is C22H26N6O2. The highest BCUT2D eigenvalue weighted by Crippen LogP contribution is 2.25. The van der Waals surface area contributed by atoms with Gasteiger partial charge in [-0.1, -0.05) is 31.1 Å². The highest BCUT2D eigenvalue weighted by Gasteiger charge is 2.23. The van der Waals surface area contributed by atoms with Gasteiger partial charge in [0.25, 0.3) is 5.89 Å². The minimum atomic E-state index is -0.154. The van der Waals surface area contributed by atoms with Gasteiger partial charge in [0.1, 0.15) is 5.82 Å². The van der Waals surface area contributed by atoms with Gasteiger partial charge in [-0.05, 0) is 49.6 Å². The van der Waals surface area contributed by atoms with Gasteiger partial charge in [-0.2, -0.15) is 4.98 Å². The van der Waals surface area contributed by atoms with E-state index in [2.05, 4.69) is 38.0 Å². The summed E-state index contributed by atoms with van der Waals surface area (Å²) in [6, 6.07) is 11.7. The molecule has 1 fully saturated rings. The van der Waals surface area contributed by atoms with Crippen LogP contribution in [0.25, 0.3) is 11.5 Å². The Labute approximate surface area is 175 Å². The minimum Gasteiger partial charge on any atom is -0.364 e. The second-order valence-corrected chi connectivity index (χ2v) is 7.90. The first kappa shape index (κ1) is 19.9. The molecule has 1 aliphatic rings. The molecule has 4 rings (SSSR count). The molecule has 8 heteroatoms. The molecule has 8 nitrogen and oxygen atoms in total. The summed E-state index contributed by atoms with van der Waals surface area (Å²) in [5, 5.41) is 13.2. The van der Waals surface area contributed by atoms with Gasteiger partial charge < -0.3 is 20.5 Å². The molecule has 3 aromatic rings. The van der Waals surface area contributed by atoms with E-state index in [-0.39, 0.29) is 18.0 Å². The molecule has 1 atom stereocenters. The van der Waals surface area contributed by atoms with Gasteiger partial charge in [0, 0.05) is 35.4 Å². The Morgan fingerprint density at radius 3 is 2.57 bits per heavy atom. The van der Waals surface area contributed by atoms with Crippen LogP contribution in [0.4, 0.5) is 16.3 Å². The summed E-state index contributed by atoms with van der Waals surface area (Å²) in [5.41, 5.74) is 2.66. The summed E-state index contributed by atoms with van der Waals surface area (Å²) in [6.45, 7) is 6.10. The van der Waals surface area contributed by atoms with Gasteiger partial charge in [-0.15, -0.1) is 0 Å². The zero-order valence-electron chi connectivity index (χ0n) is 17.3. The third-order valence-electron chi connectivity index (χ3n) is 4.91. The maximum atomic E-state index is 11.9. The topological polar surface area (TPSA) is 105 Å². The Hall–Kier alpha value is -3.42. The maximum absolute atomic E-state index is 11.9. The molecular weight excluding hydrogens is 380 g/mol. The lowest BCUT2D eigenvalue weighted by Gasteiger charge is -2.16. The second kappa shape index (κ2) is 8.52. The summed E-state index contributed by atoms with van der Waals surface area (Å²) >= 11 is 0. The van der Waals surface area contributed by atoms with Crippen molar-refractivity contribution in [2.45, 2.75) is 51.6 Å². The number of hydrogen-bond acceptors (Lipinski definition) is 6. The number of benzene rings is 1. The number of pyridine rings is 1. The van der Waals surface area contributed by atoms with Crippen molar-refractivity contribution in [3.05, 3.63) is 54.0 Å². The molecule has 0 spiro atoms. The Kier molecular flexibility index (Phi) is 5.65. The Balaban J connectivity index is 1.39. The third-order valence-corrected chi connectivity index (χ3v) is 4.91. The normalized spacial score (nSPS) is 14.4. The van der Waals surface area contributed by atoms with Crippen molar-refractivity contribution in [2.24, 2.45) is 0 Å². The Morgan fingerprint density at radius 2 is 1.90 bits per heavy atom. The van der Waals surface area contributed by atoms with E-state index in [0.29, 0.717) is 17.8 Å². The number of anilines is 2. The zero-order valence-corrected chi connectivity index (χ0v) is 17.3. The van der Waals surface area contributed by atoms with E-state index in [1.165, 1.54) is 0 Å². The first-order valence-corrected chi connectivity index (χ1v) is 10.2. The number of amides is 2. The summed E-state index contributed by atoms with van der Waals surface area (Å²) in [4.78, 5) is 20.7. The van der Waals surface area contributed by atoms with Crippen molar-refractivity contribution in [3.8, 4) is 11.5 Å². The molecule has 2 aromatic heterocycles. The predicted octanol–water partition coefficient (Wildman–Crippen LogP) is 4.71. The number of nitrogens with one attached hydrogen (secondary N) is 3. The van der Waals surface area contributed by atoms with Crippen LogP contribution in [0, 0.1) is 0 Å². The summed E-state index contributed by atoms with van der Waals surface area (Å²) in [6.07, 6.45) is 3.85. The third kappa shape index (κ3) is 4.94. The fraction of sp³-hybridized carbons (Fsp3) is 0.364. The molecule has 0 aliphatic heterocycles. The molecule has 1 aromatic carbocycles. The van der Waals surface area contributed by atoms with Gasteiger partial charge >= 0.3 is 6.03 Å². The van der Waals surface area contributed by atoms with E-state index in [1.807, 2.05) is 50.2 Å². The number of hydrogen-bond donors (Lipinski definition) is 3. The van der Waals surface area contributed by atoms with E-state index < -0.39 is 0 Å². The molecule has 1 saturated carbocycles. The van der Waals surface area contributed by atoms with E-state index in [9.17, 15) is 4.79 Å². The Bertz CT molecular complexity index is 1010. The first-order valence-electron chi connectivity index (χ1n) is 10.2. The largest absolute Gasteiger partial charge is 0.364 e. The summed E-state index contributed by atoms with van der Waals surface area (Å²) in [5.74, 6) is 2.09. The molecule has 156 valence electrons. The molecule has 1 aliphatic carbocycles. The van der Waals surface area contributed by atoms with E-state index >= 15 is 0 Å². The monoisotopic (exact) mass is 406 g/mol. The van der Waals surface area contributed by atoms with Gasteiger partial charge in [0.05, 0.1) is 0 Å². The number of aromatic nitrogens is 3. The average molecular weight is 406 g/mol. The highest BCUT2D eigenvalue weighted by atomic mass is 16.5. The van der Waals surface area contributed by atoms with Crippen LogP contribution >= 0.6 is 0 Å². The summed E-state index contributed by atoms with van der Waals surface area (Å²) < 4.78 is 5.37. The lowest BCUT2D eigenvalue weighted by molar-refractivity contribution is 0.251. The fourth-order valence-corrected chi connectivity index (χ4v) is 2.97. The number of rotatable bonds is 7. The molecule has 0 radical (unpaired) electrons. The average Bonchev–Trinajstić information content (AvgIpc) is 3.39. The van der Waals surface area contributed by atoms with Gasteiger partial charge in [0.15, 0.2) is 5.82 Å². The predicted molar refractivity (Wildman–Crippen MR) is 115 cm³/mol. The summed E-state index contributed by atoms with van der Waals surface area (Å²) in [7, 11) is 0. The molecule has 2 heterocycles. The molecule has 3 N–H and O–H groups in total. The minimum absolute atomic E-state index is 0.0241. The number of carbonyl (C=O) groups excluding carboxylic acids is 1. The highest BCUT2D eigenvalue weighted by molar-refractivity contribution is 5.89. The number of carbonyl (C=O) groups is 1. The quantitative estimate of drug-likeness (QED) is 0.525. The zero-order chi connectivity index (χ0) is 21.1. The molecule has 0 saturated heterocycles. The van der Waals surface area contributed by atoms with Gasteiger partial charge in [-0.3, -0.25) is 0 Å². The lowest BCUT2D eigenvalue weighted by Crippen LogP contribution is -2.30. The number of urea groups is 1. The van der Waals surface area contributed by atoms with Crippen LogP contribution < -0.4 is 16.0 Å². The van der Waals surface area contributed by atoms with Crippen molar-refractivity contribution in [3.63, 3.8) is 0 Å². The van der Waals surface area contributed by atoms with Crippen LogP contribution in [0.2, 0.25) is 0 Å². The molecule has 0 bridgehead atoms. The van der Waals surface area contributed by atoms with Crippen molar-refractivity contribution in [1.29, 1.82) is 0 Å². The smallest absolute Gasteiger partial charge is 0.319 e. The molecule has 2 amide bonds. The van der Waals surface area contributed by atoms with Crippen molar-refractivity contribution in [1.82, 2.24) is 20.4 Å². The van der Waals surface area contributed by atoms with Crippen molar-refractivity contribution >= 4 is 17.5 Å². The lowest BCUT2D eigenvalue weighted by atomic mass is 10.1. The van der Waals surface area contributed by atoms with Crippen molar-refractivity contribution in [2.75, 3.05) is 10.6 Å². The van der Waals surface area contributed by atoms with Crippen LogP contribution in [-0.2, 0) is 0 Å². The van der Waals surface area contributed by atoms with Crippen molar-refractivity contribution < 1.29 is 9.32 Å². The SMILES string of the molecule is CC(C)c1noc(-c2ccnc(NC(C)c3ccc(NC(=O)NC4CC4)cc3)c2)n1. The van der Waals surface area contributed by atoms with Crippen LogP contribution in [-0.4, -0.2) is 27.2 Å². The fourth-order valence-electron chi connectivity index (χ4n) is 2.97.